The number of aromatic nitrogens is 1. The Hall–Kier alpha value is -1.39. The van der Waals surface area contributed by atoms with Crippen LogP contribution >= 0.6 is 24.0 Å². The van der Waals surface area contributed by atoms with Gasteiger partial charge in [0.2, 0.25) is 0 Å². The van der Waals surface area contributed by atoms with Gasteiger partial charge in [0, 0.05) is 11.9 Å². The van der Waals surface area contributed by atoms with Crippen LogP contribution in [0.15, 0.2) is 54.7 Å². The summed E-state index contributed by atoms with van der Waals surface area (Å²) in [6, 6.07) is 16.0. The van der Waals surface area contributed by atoms with E-state index in [4.69, 9.17) is 12.2 Å². The van der Waals surface area contributed by atoms with Crippen LogP contribution in [0, 0.1) is 0 Å². The van der Waals surface area contributed by atoms with Gasteiger partial charge >= 0.3 is 0 Å². The summed E-state index contributed by atoms with van der Waals surface area (Å²) in [6.45, 7) is 0. The number of nitrogens with zero attached hydrogens (tertiary/aromatic N) is 1. The van der Waals surface area contributed by atoms with Gasteiger partial charge in [0.05, 0.1) is 0 Å². The van der Waals surface area contributed by atoms with Crippen LogP contribution in [0.4, 0.5) is 5.82 Å². The maximum atomic E-state index is 5.25. The second kappa shape index (κ2) is 6.37. The minimum atomic E-state index is 0.743. The fourth-order valence-corrected chi connectivity index (χ4v) is 2.25. The SMILES string of the molecule is S=C(Nc1ccccn1)SCc1ccccc1. The molecule has 0 unspecified atom stereocenters. The van der Waals surface area contributed by atoms with Crippen LogP contribution < -0.4 is 5.32 Å². The fraction of sp³-hybridized carbons (Fsp3) is 0.0769. The zero-order valence-electron chi connectivity index (χ0n) is 9.17. The fourth-order valence-electron chi connectivity index (χ4n) is 1.30. The lowest BCUT2D eigenvalue weighted by Crippen LogP contribution is -2.05. The van der Waals surface area contributed by atoms with Crippen LogP contribution in [0.2, 0.25) is 0 Å². The summed E-state index contributed by atoms with van der Waals surface area (Å²) < 4.78 is 0.743. The summed E-state index contributed by atoms with van der Waals surface area (Å²) >= 11 is 6.85. The smallest absolute Gasteiger partial charge is 0.139 e. The van der Waals surface area contributed by atoms with Crippen molar-refractivity contribution in [3.05, 3.63) is 60.3 Å². The molecule has 0 spiro atoms. The quantitative estimate of drug-likeness (QED) is 0.850. The van der Waals surface area contributed by atoms with Gasteiger partial charge in [-0.3, -0.25) is 0 Å². The average Bonchev–Trinajstić information content (AvgIpc) is 2.39. The van der Waals surface area contributed by atoms with Crippen molar-refractivity contribution in [2.24, 2.45) is 0 Å². The van der Waals surface area contributed by atoms with E-state index in [2.05, 4.69) is 22.4 Å². The average molecular weight is 260 g/mol. The highest BCUT2D eigenvalue weighted by atomic mass is 32.2. The van der Waals surface area contributed by atoms with Crippen LogP contribution in [0.1, 0.15) is 5.56 Å². The highest BCUT2D eigenvalue weighted by Gasteiger charge is 1.99. The third kappa shape index (κ3) is 4.17. The Kier molecular flexibility index (Phi) is 4.53. The first-order chi connectivity index (χ1) is 8.34. The zero-order chi connectivity index (χ0) is 11.9. The third-order valence-corrected chi connectivity index (χ3v) is 3.41. The number of hydrogen-bond donors (Lipinski definition) is 1. The molecule has 0 fully saturated rings. The Morgan fingerprint density at radius 1 is 1.12 bits per heavy atom. The standard InChI is InChI=1S/C13H12N2S2/c16-13(15-12-8-4-5-9-14-12)17-10-11-6-2-1-3-7-11/h1-9H,10H2,(H,14,15,16). The Morgan fingerprint density at radius 2 is 1.88 bits per heavy atom. The first-order valence-electron chi connectivity index (χ1n) is 5.23. The Morgan fingerprint density at radius 3 is 2.59 bits per heavy atom. The normalized spacial score (nSPS) is 9.88. The molecule has 0 aliphatic heterocycles. The molecule has 2 rings (SSSR count). The minimum absolute atomic E-state index is 0.743. The lowest BCUT2D eigenvalue weighted by molar-refractivity contribution is 1.33. The molecule has 0 saturated heterocycles. The van der Waals surface area contributed by atoms with Crippen LogP contribution in [-0.2, 0) is 5.75 Å². The van der Waals surface area contributed by atoms with Gasteiger partial charge < -0.3 is 5.32 Å². The lowest BCUT2D eigenvalue weighted by atomic mass is 10.2. The number of thiocarbonyl (C=S) groups is 1. The molecule has 4 heteroatoms. The first kappa shape index (κ1) is 12.1. The van der Waals surface area contributed by atoms with Gasteiger partial charge in [-0.25, -0.2) is 4.98 Å². The van der Waals surface area contributed by atoms with E-state index in [-0.39, 0.29) is 0 Å². The van der Waals surface area contributed by atoms with Gasteiger partial charge in [-0.15, -0.1) is 0 Å². The predicted octanol–water partition coefficient (Wildman–Crippen LogP) is 3.71. The molecule has 2 nitrogen and oxygen atoms in total. The maximum Gasteiger partial charge on any atom is 0.139 e. The summed E-state index contributed by atoms with van der Waals surface area (Å²) in [5.74, 6) is 1.66. The van der Waals surface area contributed by atoms with Crippen molar-refractivity contribution in [1.29, 1.82) is 0 Å². The number of rotatable bonds is 3. The van der Waals surface area contributed by atoms with E-state index < -0.39 is 0 Å². The molecule has 0 bridgehead atoms. The van der Waals surface area contributed by atoms with E-state index in [1.807, 2.05) is 36.4 Å². The van der Waals surface area contributed by atoms with Gasteiger partial charge in [-0.05, 0) is 17.7 Å². The van der Waals surface area contributed by atoms with E-state index in [1.54, 1.807) is 18.0 Å². The number of nitrogens with one attached hydrogen (secondary N) is 1. The van der Waals surface area contributed by atoms with Crippen molar-refractivity contribution in [2.45, 2.75) is 5.75 Å². The molecule has 0 saturated carbocycles. The monoisotopic (exact) mass is 260 g/mol. The Balaban J connectivity index is 1.83. The molecule has 0 aliphatic carbocycles. The molecule has 1 aromatic heterocycles. The Labute approximate surface area is 110 Å². The summed E-state index contributed by atoms with van der Waals surface area (Å²) in [5.41, 5.74) is 1.27. The topological polar surface area (TPSA) is 24.9 Å². The zero-order valence-corrected chi connectivity index (χ0v) is 10.8. The number of benzene rings is 1. The molecule has 1 N–H and O–H groups in total. The summed E-state index contributed by atoms with van der Waals surface area (Å²) in [4.78, 5) is 4.16. The van der Waals surface area contributed by atoms with Gasteiger partial charge in [-0.1, -0.05) is 60.4 Å². The molecule has 86 valence electrons. The van der Waals surface area contributed by atoms with Crippen molar-refractivity contribution in [1.82, 2.24) is 4.98 Å². The summed E-state index contributed by atoms with van der Waals surface area (Å²) in [6.07, 6.45) is 1.74. The highest BCUT2D eigenvalue weighted by Crippen LogP contribution is 2.15. The molecule has 2 aromatic rings. The number of hydrogen-bond acceptors (Lipinski definition) is 3. The molecular formula is C13H12N2S2. The van der Waals surface area contributed by atoms with E-state index in [0.29, 0.717) is 0 Å². The largest absolute Gasteiger partial charge is 0.326 e. The summed E-state index contributed by atoms with van der Waals surface area (Å²) in [5, 5.41) is 3.10. The van der Waals surface area contributed by atoms with Crippen LogP contribution in [0.25, 0.3) is 0 Å². The van der Waals surface area contributed by atoms with Crippen LogP contribution in [0.5, 0.6) is 0 Å². The molecule has 17 heavy (non-hydrogen) atoms. The van der Waals surface area contributed by atoms with E-state index >= 15 is 0 Å². The molecular weight excluding hydrogens is 248 g/mol. The van der Waals surface area contributed by atoms with Crippen molar-refractivity contribution in [2.75, 3.05) is 5.32 Å². The van der Waals surface area contributed by atoms with Crippen molar-refractivity contribution in [3.63, 3.8) is 0 Å². The van der Waals surface area contributed by atoms with Crippen molar-refractivity contribution >= 4 is 34.1 Å². The van der Waals surface area contributed by atoms with Gasteiger partial charge in [0.1, 0.15) is 10.1 Å². The Bertz CT molecular complexity index is 471. The van der Waals surface area contributed by atoms with E-state index in [0.717, 1.165) is 15.9 Å². The van der Waals surface area contributed by atoms with E-state index in [9.17, 15) is 0 Å². The number of anilines is 1. The van der Waals surface area contributed by atoms with Gasteiger partial charge in [-0.2, -0.15) is 0 Å². The molecule has 0 aliphatic rings. The molecule has 0 atom stereocenters. The molecule has 1 aromatic carbocycles. The first-order valence-corrected chi connectivity index (χ1v) is 6.63. The van der Waals surface area contributed by atoms with Gasteiger partial charge in [0.25, 0.3) is 0 Å². The second-order valence-electron chi connectivity index (χ2n) is 3.40. The van der Waals surface area contributed by atoms with Crippen molar-refractivity contribution < 1.29 is 0 Å². The number of thioether (sulfide) groups is 1. The van der Waals surface area contributed by atoms with E-state index in [1.165, 1.54) is 5.56 Å². The molecule has 0 radical (unpaired) electrons. The van der Waals surface area contributed by atoms with Crippen molar-refractivity contribution in [3.8, 4) is 0 Å². The highest BCUT2D eigenvalue weighted by molar-refractivity contribution is 8.22. The van der Waals surface area contributed by atoms with Crippen LogP contribution in [0.3, 0.4) is 0 Å². The second-order valence-corrected chi connectivity index (χ2v) is 5.05. The molecule has 0 amide bonds. The number of pyridine rings is 1. The van der Waals surface area contributed by atoms with Crippen LogP contribution in [-0.4, -0.2) is 9.30 Å². The molecule has 1 heterocycles. The maximum absolute atomic E-state index is 5.25. The minimum Gasteiger partial charge on any atom is -0.326 e. The van der Waals surface area contributed by atoms with Gasteiger partial charge in [0.15, 0.2) is 0 Å². The third-order valence-electron chi connectivity index (χ3n) is 2.11. The lowest BCUT2D eigenvalue weighted by Gasteiger charge is -2.06. The predicted molar refractivity (Wildman–Crippen MR) is 78.2 cm³/mol. The summed E-state index contributed by atoms with van der Waals surface area (Å²) in [7, 11) is 0.